The molecule has 1 aliphatic heterocycles. The summed E-state index contributed by atoms with van der Waals surface area (Å²) in [6.45, 7) is 1.71. The van der Waals surface area contributed by atoms with Crippen LogP contribution in [0.5, 0.6) is 5.75 Å². The van der Waals surface area contributed by atoms with Crippen molar-refractivity contribution < 1.29 is 13.9 Å². The van der Waals surface area contributed by atoms with Crippen LogP contribution in [0.2, 0.25) is 0 Å². The highest BCUT2D eigenvalue weighted by Gasteiger charge is 2.19. The van der Waals surface area contributed by atoms with Crippen molar-refractivity contribution in [3.63, 3.8) is 0 Å². The van der Waals surface area contributed by atoms with E-state index in [1.54, 1.807) is 12.1 Å². The second kappa shape index (κ2) is 5.33. The lowest BCUT2D eigenvalue weighted by Gasteiger charge is -2.23. The number of para-hydroxylation sites is 1. The first-order chi connectivity index (χ1) is 9.79. The number of ether oxygens (including phenoxy) is 1. The van der Waals surface area contributed by atoms with Crippen LogP contribution >= 0.6 is 0 Å². The molecular formula is C16H14FNO2. The van der Waals surface area contributed by atoms with Crippen molar-refractivity contribution in [1.29, 1.82) is 0 Å². The van der Waals surface area contributed by atoms with Gasteiger partial charge in [0.2, 0.25) is 0 Å². The van der Waals surface area contributed by atoms with E-state index >= 15 is 0 Å². The number of halogens is 1. The van der Waals surface area contributed by atoms with Gasteiger partial charge in [0.1, 0.15) is 18.2 Å². The van der Waals surface area contributed by atoms with Gasteiger partial charge < -0.3 is 9.64 Å². The van der Waals surface area contributed by atoms with E-state index < -0.39 is 5.82 Å². The summed E-state index contributed by atoms with van der Waals surface area (Å²) in [6, 6.07) is 12.5. The van der Waals surface area contributed by atoms with Gasteiger partial charge in [-0.25, -0.2) is 4.39 Å². The van der Waals surface area contributed by atoms with Gasteiger partial charge in [-0.1, -0.05) is 24.3 Å². The van der Waals surface area contributed by atoms with Gasteiger partial charge in [-0.3, -0.25) is 4.79 Å². The van der Waals surface area contributed by atoms with Crippen molar-refractivity contribution in [1.82, 2.24) is 0 Å². The molecule has 0 fully saturated rings. The summed E-state index contributed by atoms with van der Waals surface area (Å²) in [5.74, 6) is 0.356. The molecule has 3 rings (SSSR count). The quantitative estimate of drug-likeness (QED) is 0.786. The molecule has 0 saturated heterocycles. The molecule has 0 atom stereocenters. The van der Waals surface area contributed by atoms with Gasteiger partial charge in [0.15, 0.2) is 6.29 Å². The summed E-state index contributed by atoms with van der Waals surface area (Å²) in [4.78, 5) is 13.1. The molecule has 0 N–H and O–H groups in total. The van der Waals surface area contributed by atoms with Crippen molar-refractivity contribution in [3.8, 4) is 5.75 Å². The number of fused-ring (bicyclic) bond motifs is 1. The number of anilines is 1. The molecule has 2 aromatic carbocycles. The lowest BCUT2D eigenvalue weighted by atomic mass is 10.1. The Morgan fingerprint density at radius 3 is 2.85 bits per heavy atom. The second-order valence-corrected chi connectivity index (χ2v) is 4.67. The minimum Gasteiger partial charge on any atom is -0.491 e. The van der Waals surface area contributed by atoms with Crippen LogP contribution < -0.4 is 9.64 Å². The van der Waals surface area contributed by atoms with Crippen molar-refractivity contribution in [2.24, 2.45) is 0 Å². The summed E-state index contributed by atoms with van der Waals surface area (Å²) >= 11 is 0. The summed E-state index contributed by atoms with van der Waals surface area (Å²) in [7, 11) is 0. The fourth-order valence-electron chi connectivity index (χ4n) is 2.45. The zero-order valence-corrected chi connectivity index (χ0v) is 10.9. The average molecular weight is 271 g/mol. The van der Waals surface area contributed by atoms with Gasteiger partial charge in [0.25, 0.3) is 0 Å². The van der Waals surface area contributed by atoms with Gasteiger partial charge in [0, 0.05) is 12.1 Å². The number of carbonyl (C=O) groups excluding carboxylic acids is 1. The van der Waals surface area contributed by atoms with Crippen molar-refractivity contribution in [3.05, 3.63) is 59.4 Å². The molecule has 2 aromatic rings. The Bertz CT molecular complexity index is 642. The molecule has 0 spiro atoms. The van der Waals surface area contributed by atoms with E-state index in [4.69, 9.17) is 4.74 Å². The fourth-order valence-corrected chi connectivity index (χ4v) is 2.45. The topological polar surface area (TPSA) is 29.5 Å². The predicted octanol–water partition coefficient (Wildman–Crippen LogP) is 3.04. The van der Waals surface area contributed by atoms with E-state index in [0.29, 0.717) is 31.7 Å². The summed E-state index contributed by atoms with van der Waals surface area (Å²) < 4.78 is 19.4. The average Bonchev–Trinajstić information content (AvgIpc) is 2.69. The molecular weight excluding hydrogens is 257 g/mol. The largest absolute Gasteiger partial charge is 0.491 e. The monoisotopic (exact) mass is 271 g/mol. The molecule has 0 bridgehead atoms. The Kier molecular flexibility index (Phi) is 3.37. The number of rotatable bonds is 2. The van der Waals surface area contributed by atoms with Gasteiger partial charge in [-0.2, -0.15) is 0 Å². The second-order valence-electron chi connectivity index (χ2n) is 4.67. The Morgan fingerprint density at radius 2 is 2.00 bits per heavy atom. The molecule has 0 amide bonds. The third-order valence-corrected chi connectivity index (χ3v) is 3.44. The van der Waals surface area contributed by atoms with Crippen LogP contribution in [-0.4, -0.2) is 19.4 Å². The number of nitrogens with zero attached hydrogens (tertiary/aromatic N) is 1. The third-order valence-electron chi connectivity index (χ3n) is 3.44. The third kappa shape index (κ3) is 2.25. The van der Waals surface area contributed by atoms with Gasteiger partial charge in [-0.15, -0.1) is 0 Å². The van der Waals surface area contributed by atoms with E-state index in [-0.39, 0.29) is 5.56 Å². The van der Waals surface area contributed by atoms with Crippen LogP contribution in [-0.2, 0) is 6.54 Å². The normalized spacial score (nSPS) is 14.2. The first kappa shape index (κ1) is 12.7. The Morgan fingerprint density at radius 1 is 1.15 bits per heavy atom. The minimum atomic E-state index is -0.490. The van der Waals surface area contributed by atoms with Gasteiger partial charge in [0.05, 0.1) is 17.8 Å². The number of aldehydes is 1. The van der Waals surface area contributed by atoms with E-state index in [1.165, 1.54) is 6.07 Å². The summed E-state index contributed by atoms with van der Waals surface area (Å²) in [5.41, 5.74) is 1.75. The maximum atomic E-state index is 13.7. The molecule has 0 unspecified atom stereocenters. The molecule has 0 aliphatic carbocycles. The highest BCUT2D eigenvalue weighted by atomic mass is 19.1. The van der Waals surface area contributed by atoms with Crippen molar-refractivity contribution in [2.75, 3.05) is 18.1 Å². The first-order valence-corrected chi connectivity index (χ1v) is 6.49. The lowest BCUT2D eigenvalue weighted by Crippen LogP contribution is -2.26. The highest BCUT2D eigenvalue weighted by Crippen LogP contribution is 2.28. The van der Waals surface area contributed by atoms with Crippen LogP contribution in [0.25, 0.3) is 0 Å². The van der Waals surface area contributed by atoms with Crippen LogP contribution in [0.1, 0.15) is 15.9 Å². The molecule has 4 heteroatoms. The first-order valence-electron chi connectivity index (χ1n) is 6.49. The summed E-state index contributed by atoms with van der Waals surface area (Å²) in [6.07, 6.45) is 0.572. The zero-order chi connectivity index (χ0) is 13.9. The minimum absolute atomic E-state index is 0.104. The fraction of sp³-hybridized carbons (Fsp3) is 0.188. The van der Waals surface area contributed by atoms with E-state index in [9.17, 15) is 9.18 Å². The van der Waals surface area contributed by atoms with Crippen LogP contribution in [0.15, 0.2) is 42.5 Å². The Labute approximate surface area is 116 Å². The molecule has 3 nitrogen and oxygen atoms in total. The maximum Gasteiger partial charge on any atom is 0.155 e. The maximum absolute atomic E-state index is 13.7. The standard InChI is InChI=1S/C16H14FNO2/c17-14-5-3-6-15(13(14)11-19)18-8-9-20-16-7-2-1-4-12(16)10-18/h1-7,11H,8-10H2. The van der Waals surface area contributed by atoms with E-state index in [2.05, 4.69) is 0 Å². The van der Waals surface area contributed by atoms with Crippen molar-refractivity contribution in [2.45, 2.75) is 6.54 Å². The molecule has 0 saturated carbocycles. The molecule has 0 aromatic heterocycles. The molecule has 20 heavy (non-hydrogen) atoms. The SMILES string of the molecule is O=Cc1c(F)cccc1N1CCOc2ccccc2C1. The summed E-state index contributed by atoms with van der Waals surface area (Å²) in [5, 5.41) is 0. The molecule has 1 aliphatic rings. The number of carbonyl (C=O) groups is 1. The molecule has 102 valence electrons. The van der Waals surface area contributed by atoms with E-state index in [1.807, 2.05) is 29.2 Å². The Hall–Kier alpha value is -2.36. The lowest BCUT2D eigenvalue weighted by molar-refractivity contribution is 0.112. The van der Waals surface area contributed by atoms with Crippen molar-refractivity contribution >= 4 is 12.0 Å². The number of hydrogen-bond donors (Lipinski definition) is 0. The number of hydrogen-bond acceptors (Lipinski definition) is 3. The number of benzene rings is 2. The van der Waals surface area contributed by atoms with Crippen LogP contribution in [0, 0.1) is 5.82 Å². The highest BCUT2D eigenvalue weighted by molar-refractivity contribution is 5.85. The van der Waals surface area contributed by atoms with Gasteiger partial charge in [-0.05, 0) is 18.2 Å². The van der Waals surface area contributed by atoms with E-state index in [0.717, 1.165) is 11.3 Å². The molecule has 0 radical (unpaired) electrons. The smallest absolute Gasteiger partial charge is 0.155 e. The predicted molar refractivity (Wildman–Crippen MR) is 74.8 cm³/mol. The Balaban J connectivity index is 2.00. The zero-order valence-electron chi connectivity index (χ0n) is 10.9. The van der Waals surface area contributed by atoms with Crippen LogP contribution in [0.4, 0.5) is 10.1 Å². The van der Waals surface area contributed by atoms with Gasteiger partial charge >= 0.3 is 0 Å². The van der Waals surface area contributed by atoms with Crippen LogP contribution in [0.3, 0.4) is 0 Å². The molecule has 1 heterocycles.